The van der Waals surface area contributed by atoms with Gasteiger partial charge >= 0.3 is 0 Å². The molecule has 0 radical (unpaired) electrons. The molecule has 1 unspecified atom stereocenters. The van der Waals surface area contributed by atoms with E-state index in [1.807, 2.05) is 17.0 Å². The number of aromatic amines is 1. The van der Waals surface area contributed by atoms with Crippen LogP contribution in [0.2, 0.25) is 0 Å². The Morgan fingerprint density at radius 3 is 2.92 bits per heavy atom. The van der Waals surface area contributed by atoms with Crippen molar-refractivity contribution in [1.82, 2.24) is 20.1 Å². The van der Waals surface area contributed by atoms with Gasteiger partial charge in [-0.1, -0.05) is 12.1 Å². The highest BCUT2D eigenvalue weighted by atomic mass is 19.1. The molecule has 4 rings (SSSR count). The predicted octanol–water partition coefficient (Wildman–Crippen LogP) is 3.44. The van der Waals surface area contributed by atoms with Crippen molar-refractivity contribution in [3.8, 4) is 0 Å². The first-order valence-electron chi connectivity index (χ1n) is 9.01. The molecule has 1 fully saturated rings. The molecule has 1 aromatic carbocycles. The Hall–Kier alpha value is -2.76. The number of nitrogens with zero attached hydrogens (tertiary/aromatic N) is 3. The van der Waals surface area contributed by atoms with Crippen LogP contribution >= 0.6 is 0 Å². The molecule has 0 aliphatic carbocycles. The average Bonchev–Trinajstić information content (AvgIpc) is 3.15. The summed E-state index contributed by atoms with van der Waals surface area (Å²) in [6.45, 7) is 1.50. The monoisotopic (exact) mass is 352 g/mol. The maximum Gasteiger partial charge on any atom is 0.222 e. The highest BCUT2D eigenvalue weighted by Gasteiger charge is 2.25. The SMILES string of the molecule is O=C(CCc1ccc(F)cc1)N1CCCC(c2ccc3cn[nH]c3n2)C1. The van der Waals surface area contributed by atoms with Gasteiger partial charge in [0.05, 0.1) is 6.20 Å². The molecule has 1 atom stereocenters. The minimum Gasteiger partial charge on any atom is -0.342 e. The molecular formula is C20H21FN4O. The number of hydrogen-bond acceptors (Lipinski definition) is 3. The van der Waals surface area contributed by atoms with Gasteiger partial charge in [0.1, 0.15) is 5.82 Å². The Balaban J connectivity index is 1.39. The molecule has 0 spiro atoms. The number of carbonyl (C=O) groups excluding carboxylic acids is 1. The van der Waals surface area contributed by atoms with Gasteiger partial charge < -0.3 is 4.90 Å². The minimum atomic E-state index is -0.249. The molecule has 1 aliphatic rings. The van der Waals surface area contributed by atoms with Crippen LogP contribution in [0.15, 0.2) is 42.6 Å². The van der Waals surface area contributed by atoms with E-state index in [9.17, 15) is 9.18 Å². The fraction of sp³-hybridized carbons (Fsp3) is 0.350. The number of rotatable bonds is 4. The molecule has 1 saturated heterocycles. The topological polar surface area (TPSA) is 61.9 Å². The van der Waals surface area contributed by atoms with Gasteiger partial charge in [-0.3, -0.25) is 9.89 Å². The second-order valence-corrected chi connectivity index (χ2v) is 6.85. The number of fused-ring (bicyclic) bond motifs is 1. The fourth-order valence-corrected chi connectivity index (χ4v) is 3.57. The molecule has 26 heavy (non-hydrogen) atoms. The summed E-state index contributed by atoms with van der Waals surface area (Å²) in [4.78, 5) is 19.2. The lowest BCUT2D eigenvalue weighted by molar-refractivity contribution is -0.132. The normalized spacial score (nSPS) is 17.6. The molecular weight excluding hydrogens is 331 g/mol. The number of nitrogens with one attached hydrogen (secondary N) is 1. The molecule has 1 aliphatic heterocycles. The first-order chi connectivity index (χ1) is 12.7. The Labute approximate surface area is 151 Å². The molecule has 1 N–H and O–H groups in total. The zero-order valence-corrected chi connectivity index (χ0v) is 14.5. The summed E-state index contributed by atoms with van der Waals surface area (Å²) >= 11 is 0. The third kappa shape index (κ3) is 3.59. The lowest BCUT2D eigenvalue weighted by Gasteiger charge is -2.32. The summed E-state index contributed by atoms with van der Waals surface area (Å²) < 4.78 is 13.0. The van der Waals surface area contributed by atoms with Gasteiger partial charge in [-0.2, -0.15) is 5.10 Å². The van der Waals surface area contributed by atoms with E-state index in [2.05, 4.69) is 15.2 Å². The largest absolute Gasteiger partial charge is 0.342 e. The summed E-state index contributed by atoms with van der Waals surface area (Å²) in [5.74, 6) is 0.161. The van der Waals surface area contributed by atoms with Crippen LogP contribution in [0.5, 0.6) is 0 Å². The van der Waals surface area contributed by atoms with Crippen molar-refractivity contribution in [3.63, 3.8) is 0 Å². The van der Waals surface area contributed by atoms with Crippen molar-refractivity contribution in [2.75, 3.05) is 13.1 Å². The van der Waals surface area contributed by atoms with Crippen molar-refractivity contribution in [2.45, 2.75) is 31.6 Å². The van der Waals surface area contributed by atoms with Crippen LogP contribution in [0, 0.1) is 5.82 Å². The summed E-state index contributed by atoms with van der Waals surface area (Å²) in [6, 6.07) is 10.4. The number of aryl methyl sites for hydroxylation is 1. The standard InChI is InChI=1S/C20H21FN4O/c21-17-7-3-14(4-8-17)5-10-19(26)25-11-1-2-16(13-25)18-9-6-15-12-22-24-20(15)23-18/h3-4,6-9,12,16H,1-2,5,10-11,13H2,(H,22,23,24). The third-order valence-electron chi connectivity index (χ3n) is 5.06. The highest BCUT2D eigenvalue weighted by Crippen LogP contribution is 2.27. The number of benzene rings is 1. The smallest absolute Gasteiger partial charge is 0.222 e. The van der Waals surface area contributed by atoms with Crippen LogP contribution in [-0.2, 0) is 11.2 Å². The number of carbonyl (C=O) groups is 1. The lowest BCUT2D eigenvalue weighted by atomic mass is 9.93. The molecule has 1 amide bonds. The Morgan fingerprint density at radius 2 is 2.08 bits per heavy atom. The van der Waals surface area contributed by atoms with E-state index in [4.69, 9.17) is 0 Å². The van der Waals surface area contributed by atoms with Gasteiger partial charge in [-0.05, 0) is 49.1 Å². The van der Waals surface area contributed by atoms with Crippen LogP contribution in [0.3, 0.4) is 0 Å². The zero-order valence-electron chi connectivity index (χ0n) is 14.5. The van der Waals surface area contributed by atoms with E-state index in [1.54, 1.807) is 18.3 Å². The van der Waals surface area contributed by atoms with Gasteiger partial charge in [0.25, 0.3) is 0 Å². The number of halogens is 1. The van der Waals surface area contributed by atoms with Crippen molar-refractivity contribution >= 4 is 16.9 Å². The second kappa shape index (κ2) is 7.23. The van der Waals surface area contributed by atoms with Crippen molar-refractivity contribution in [3.05, 3.63) is 59.7 Å². The molecule has 134 valence electrons. The Kier molecular flexibility index (Phi) is 4.65. The summed E-state index contributed by atoms with van der Waals surface area (Å²) in [5.41, 5.74) is 2.79. The van der Waals surface area contributed by atoms with E-state index >= 15 is 0 Å². The van der Waals surface area contributed by atoms with Crippen molar-refractivity contribution in [2.24, 2.45) is 0 Å². The van der Waals surface area contributed by atoms with E-state index in [0.717, 1.165) is 41.7 Å². The summed E-state index contributed by atoms with van der Waals surface area (Å²) in [6.07, 6.45) is 4.87. The number of pyridine rings is 1. The van der Waals surface area contributed by atoms with Crippen LogP contribution in [-0.4, -0.2) is 39.1 Å². The van der Waals surface area contributed by atoms with Gasteiger partial charge in [-0.25, -0.2) is 9.37 Å². The van der Waals surface area contributed by atoms with Gasteiger partial charge in [0.2, 0.25) is 5.91 Å². The van der Waals surface area contributed by atoms with E-state index in [0.29, 0.717) is 19.4 Å². The number of amides is 1. The molecule has 0 bridgehead atoms. The molecule has 3 heterocycles. The van der Waals surface area contributed by atoms with Gasteiger partial charge in [-0.15, -0.1) is 0 Å². The zero-order chi connectivity index (χ0) is 17.9. The van der Waals surface area contributed by atoms with Crippen LogP contribution in [0.1, 0.15) is 36.4 Å². The average molecular weight is 352 g/mol. The van der Waals surface area contributed by atoms with Gasteiger partial charge in [0.15, 0.2) is 5.65 Å². The quantitative estimate of drug-likeness (QED) is 0.782. The lowest BCUT2D eigenvalue weighted by Crippen LogP contribution is -2.39. The second-order valence-electron chi connectivity index (χ2n) is 6.85. The van der Waals surface area contributed by atoms with Crippen molar-refractivity contribution < 1.29 is 9.18 Å². The third-order valence-corrected chi connectivity index (χ3v) is 5.06. The number of hydrogen-bond donors (Lipinski definition) is 1. The van der Waals surface area contributed by atoms with E-state index in [-0.39, 0.29) is 17.6 Å². The molecule has 2 aromatic heterocycles. The maximum absolute atomic E-state index is 13.0. The number of aromatic nitrogens is 3. The first-order valence-corrected chi connectivity index (χ1v) is 9.01. The van der Waals surface area contributed by atoms with Crippen LogP contribution < -0.4 is 0 Å². The van der Waals surface area contributed by atoms with E-state index < -0.39 is 0 Å². The Morgan fingerprint density at radius 1 is 1.23 bits per heavy atom. The number of piperidine rings is 1. The summed E-state index contributed by atoms with van der Waals surface area (Å²) in [5, 5.41) is 7.92. The van der Waals surface area contributed by atoms with E-state index in [1.165, 1.54) is 12.1 Å². The van der Waals surface area contributed by atoms with Crippen LogP contribution in [0.25, 0.3) is 11.0 Å². The molecule has 5 nitrogen and oxygen atoms in total. The first kappa shape index (κ1) is 16.7. The predicted molar refractivity (Wildman–Crippen MR) is 97.2 cm³/mol. The molecule has 0 saturated carbocycles. The number of likely N-dealkylation sites (tertiary alicyclic amines) is 1. The highest BCUT2D eigenvalue weighted by molar-refractivity contribution is 5.77. The number of H-pyrrole nitrogens is 1. The van der Waals surface area contributed by atoms with Crippen molar-refractivity contribution in [1.29, 1.82) is 0 Å². The Bertz CT molecular complexity index is 906. The van der Waals surface area contributed by atoms with Crippen LogP contribution in [0.4, 0.5) is 4.39 Å². The molecule has 6 heteroatoms. The fourth-order valence-electron chi connectivity index (χ4n) is 3.57. The minimum absolute atomic E-state index is 0.154. The van der Waals surface area contributed by atoms with Gasteiger partial charge in [0, 0.05) is 36.5 Å². The maximum atomic E-state index is 13.0. The molecule has 3 aromatic rings. The summed E-state index contributed by atoms with van der Waals surface area (Å²) in [7, 11) is 0.